The van der Waals surface area contributed by atoms with Crippen LogP contribution in [0.4, 0.5) is 5.69 Å². The number of thioether (sulfide) groups is 1. The van der Waals surface area contributed by atoms with Crippen LogP contribution in [0.2, 0.25) is 0 Å². The maximum Gasteiger partial charge on any atom is 0.368 e. The average Bonchev–Trinajstić information content (AvgIpc) is 2.94. The van der Waals surface area contributed by atoms with Gasteiger partial charge in [-0.15, -0.1) is 11.8 Å². The molecule has 0 saturated carbocycles. The molecule has 7 nitrogen and oxygen atoms in total. The van der Waals surface area contributed by atoms with E-state index in [2.05, 4.69) is 17.4 Å². The average molecular weight is 381 g/mol. The summed E-state index contributed by atoms with van der Waals surface area (Å²) < 4.78 is 2.31. The zero-order valence-corrected chi connectivity index (χ0v) is 15.7. The van der Waals surface area contributed by atoms with Crippen molar-refractivity contribution in [3.63, 3.8) is 0 Å². The number of hydrogen-bond donors (Lipinski definition) is 0. The molecule has 27 heavy (non-hydrogen) atoms. The standard InChI is InChI=1S/C19H19N5O2S/c1-14-11-12-22(16-9-5-6-10-17(16)27-14)18(25)13-23-19(26)24(21-20-23)15-7-3-2-4-8-15/h2-10,14H,11-13H2,1H3/t14-/m1/s1. The number of para-hydroxylation sites is 2. The third-order valence-corrected chi connectivity index (χ3v) is 5.71. The monoisotopic (exact) mass is 381 g/mol. The fraction of sp³-hybridized carbons (Fsp3) is 0.263. The zero-order chi connectivity index (χ0) is 18.8. The summed E-state index contributed by atoms with van der Waals surface area (Å²) in [6, 6.07) is 16.9. The van der Waals surface area contributed by atoms with E-state index in [4.69, 9.17) is 0 Å². The first kappa shape index (κ1) is 17.5. The minimum absolute atomic E-state index is 0.140. The zero-order valence-electron chi connectivity index (χ0n) is 14.9. The lowest BCUT2D eigenvalue weighted by Crippen LogP contribution is -2.38. The van der Waals surface area contributed by atoms with Crippen LogP contribution in [-0.4, -0.2) is 37.5 Å². The Balaban J connectivity index is 1.60. The van der Waals surface area contributed by atoms with Crippen LogP contribution in [0.15, 0.2) is 64.3 Å². The molecule has 0 aliphatic carbocycles. The van der Waals surface area contributed by atoms with Crippen LogP contribution in [0.3, 0.4) is 0 Å². The topological polar surface area (TPSA) is 73.0 Å². The summed E-state index contributed by atoms with van der Waals surface area (Å²) >= 11 is 1.77. The van der Waals surface area contributed by atoms with E-state index in [1.807, 2.05) is 42.5 Å². The van der Waals surface area contributed by atoms with Crippen LogP contribution < -0.4 is 10.6 Å². The van der Waals surface area contributed by atoms with Crippen LogP contribution >= 0.6 is 11.8 Å². The molecule has 0 fully saturated rings. The molecule has 2 heterocycles. The largest absolute Gasteiger partial charge is 0.368 e. The smallest absolute Gasteiger partial charge is 0.310 e. The number of aromatic nitrogens is 4. The summed E-state index contributed by atoms with van der Waals surface area (Å²) in [6.45, 7) is 2.63. The Hall–Kier alpha value is -2.87. The first-order valence-corrected chi connectivity index (χ1v) is 9.66. The molecule has 0 N–H and O–H groups in total. The fourth-order valence-electron chi connectivity index (χ4n) is 3.06. The Morgan fingerprint density at radius 1 is 1.11 bits per heavy atom. The molecule has 0 unspecified atom stereocenters. The van der Waals surface area contributed by atoms with Crippen molar-refractivity contribution >= 4 is 23.4 Å². The quantitative estimate of drug-likeness (QED) is 0.696. The summed E-state index contributed by atoms with van der Waals surface area (Å²) in [7, 11) is 0. The van der Waals surface area contributed by atoms with Gasteiger partial charge in [0.15, 0.2) is 0 Å². The number of carbonyl (C=O) groups excluding carboxylic acids is 1. The third-order valence-electron chi connectivity index (χ3n) is 4.47. The van der Waals surface area contributed by atoms with Crippen LogP contribution in [0.25, 0.3) is 5.69 Å². The highest BCUT2D eigenvalue weighted by molar-refractivity contribution is 8.00. The van der Waals surface area contributed by atoms with Gasteiger partial charge in [0.05, 0.1) is 11.4 Å². The molecule has 2 aromatic carbocycles. The van der Waals surface area contributed by atoms with Gasteiger partial charge in [0, 0.05) is 16.7 Å². The van der Waals surface area contributed by atoms with Gasteiger partial charge in [-0.05, 0) is 41.1 Å². The number of benzene rings is 2. The number of anilines is 1. The maximum atomic E-state index is 13.0. The SMILES string of the molecule is C[C@@H]1CCN(C(=O)Cn2nnn(-c3ccccc3)c2=O)c2ccccc2S1. The predicted octanol–water partition coefficient (Wildman–Crippen LogP) is 2.35. The molecule has 4 rings (SSSR count). The van der Waals surface area contributed by atoms with Crippen LogP contribution in [0.1, 0.15) is 13.3 Å². The molecule has 0 bridgehead atoms. The molecule has 1 aliphatic rings. The van der Waals surface area contributed by atoms with Crippen molar-refractivity contribution in [2.75, 3.05) is 11.4 Å². The van der Waals surface area contributed by atoms with Gasteiger partial charge >= 0.3 is 5.69 Å². The van der Waals surface area contributed by atoms with Gasteiger partial charge in [-0.2, -0.15) is 9.36 Å². The van der Waals surface area contributed by atoms with Gasteiger partial charge in [-0.3, -0.25) is 4.79 Å². The van der Waals surface area contributed by atoms with Crippen molar-refractivity contribution in [1.82, 2.24) is 19.8 Å². The molecule has 1 aromatic heterocycles. The lowest BCUT2D eigenvalue weighted by molar-refractivity contribution is -0.119. The van der Waals surface area contributed by atoms with Gasteiger partial charge in [-0.1, -0.05) is 37.3 Å². The van der Waals surface area contributed by atoms with E-state index < -0.39 is 5.69 Å². The summed E-state index contributed by atoms with van der Waals surface area (Å²) in [5.74, 6) is -0.167. The molecular weight excluding hydrogens is 362 g/mol. The van der Waals surface area contributed by atoms with Crippen molar-refractivity contribution in [2.24, 2.45) is 0 Å². The number of tetrazole rings is 1. The molecule has 8 heteroatoms. The number of carbonyl (C=O) groups is 1. The van der Waals surface area contributed by atoms with Gasteiger partial charge in [0.1, 0.15) is 6.54 Å². The van der Waals surface area contributed by atoms with Crippen molar-refractivity contribution in [1.29, 1.82) is 0 Å². The molecule has 3 aromatic rings. The van der Waals surface area contributed by atoms with E-state index in [-0.39, 0.29) is 12.5 Å². The minimum atomic E-state index is -0.430. The number of nitrogens with zero attached hydrogens (tertiary/aromatic N) is 5. The predicted molar refractivity (Wildman–Crippen MR) is 104 cm³/mol. The highest BCUT2D eigenvalue weighted by Crippen LogP contribution is 2.37. The fourth-order valence-corrected chi connectivity index (χ4v) is 4.18. The Morgan fingerprint density at radius 2 is 1.85 bits per heavy atom. The normalized spacial score (nSPS) is 16.6. The maximum absolute atomic E-state index is 13.0. The second kappa shape index (κ2) is 7.40. The first-order valence-electron chi connectivity index (χ1n) is 8.78. The lowest BCUT2D eigenvalue weighted by atomic mass is 10.2. The van der Waals surface area contributed by atoms with E-state index in [0.717, 1.165) is 21.7 Å². The van der Waals surface area contributed by atoms with E-state index >= 15 is 0 Å². The van der Waals surface area contributed by atoms with Gasteiger partial charge < -0.3 is 4.90 Å². The second-order valence-corrected chi connectivity index (χ2v) is 7.88. The molecule has 0 radical (unpaired) electrons. The first-order chi connectivity index (χ1) is 13.1. The van der Waals surface area contributed by atoms with E-state index in [1.165, 1.54) is 4.68 Å². The van der Waals surface area contributed by atoms with Crippen molar-refractivity contribution in [3.8, 4) is 5.69 Å². The third kappa shape index (κ3) is 3.52. The van der Waals surface area contributed by atoms with Crippen LogP contribution in [0.5, 0.6) is 0 Å². The number of amides is 1. The minimum Gasteiger partial charge on any atom is -0.310 e. The molecule has 1 amide bonds. The Labute approximate surface area is 160 Å². The highest BCUT2D eigenvalue weighted by Gasteiger charge is 2.25. The van der Waals surface area contributed by atoms with Gasteiger partial charge in [0.2, 0.25) is 5.91 Å². The Kier molecular flexibility index (Phi) is 4.81. The molecule has 0 saturated heterocycles. The Morgan fingerprint density at radius 3 is 2.67 bits per heavy atom. The van der Waals surface area contributed by atoms with E-state index in [9.17, 15) is 9.59 Å². The summed E-state index contributed by atoms with van der Waals surface area (Å²) in [6.07, 6.45) is 0.886. The second-order valence-electron chi connectivity index (χ2n) is 6.40. The van der Waals surface area contributed by atoms with Crippen molar-refractivity contribution < 1.29 is 4.79 Å². The molecule has 138 valence electrons. The summed E-state index contributed by atoms with van der Waals surface area (Å²) in [4.78, 5) is 28.4. The van der Waals surface area contributed by atoms with Crippen molar-refractivity contribution in [3.05, 3.63) is 65.1 Å². The van der Waals surface area contributed by atoms with E-state index in [1.54, 1.807) is 28.8 Å². The van der Waals surface area contributed by atoms with Gasteiger partial charge in [0.25, 0.3) is 0 Å². The van der Waals surface area contributed by atoms with Crippen molar-refractivity contribution in [2.45, 2.75) is 30.0 Å². The number of hydrogen-bond acceptors (Lipinski definition) is 5. The molecular formula is C19H19N5O2S. The number of rotatable bonds is 3. The summed E-state index contributed by atoms with van der Waals surface area (Å²) in [5, 5.41) is 8.21. The summed E-state index contributed by atoms with van der Waals surface area (Å²) in [5.41, 5.74) is 1.08. The van der Waals surface area contributed by atoms with E-state index in [0.29, 0.717) is 17.5 Å². The molecule has 1 atom stereocenters. The van der Waals surface area contributed by atoms with Gasteiger partial charge in [-0.25, -0.2) is 4.79 Å². The van der Waals surface area contributed by atoms with Crippen LogP contribution in [0, 0.1) is 0 Å². The molecule has 0 spiro atoms. The van der Waals surface area contributed by atoms with Crippen LogP contribution in [-0.2, 0) is 11.3 Å². The Bertz CT molecular complexity index is 1010. The lowest BCUT2D eigenvalue weighted by Gasteiger charge is -2.22. The highest BCUT2D eigenvalue weighted by atomic mass is 32.2. The number of fused-ring (bicyclic) bond motifs is 1. The molecule has 1 aliphatic heterocycles.